The number of imidazole rings is 1. The number of nitrogens with one attached hydrogen (secondary N) is 1. The molecule has 68 valence electrons. The van der Waals surface area contributed by atoms with Gasteiger partial charge in [-0.2, -0.15) is 0 Å². The lowest BCUT2D eigenvalue weighted by Gasteiger charge is -1.90. The molecule has 0 radical (unpaired) electrons. The van der Waals surface area contributed by atoms with Crippen molar-refractivity contribution in [3.05, 3.63) is 30.5 Å². The van der Waals surface area contributed by atoms with E-state index in [4.69, 9.17) is 5.73 Å². The van der Waals surface area contributed by atoms with E-state index >= 15 is 0 Å². The van der Waals surface area contributed by atoms with Gasteiger partial charge in [-0.15, -0.1) is 0 Å². The number of aromatic nitrogens is 3. The summed E-state index contributed by atoms with van der Waals surface area (Å²) in [5.74, 6) is 0.818. The first kappa shape index (κ1) is 8.07. The third-order valence-corrected chi connectivity index (χ3v) is 1.96. The van der Waals surface area contributed by atoms with E-state index in [1.165, 1.54) is 0 Å². The highest BCUT2D eigenvalue weighted by molar-refractivity contribution is 5.57. The van der Waals surface area contributed by atoms with E-state index in [1.807, 2.05) is 30.1 Å². The van der Waals surface area contributed by atoms with Crippen LogP contribution in [0.25, 0.3) is 11.3 Å². The summed E-state index contributed by atoms with van der Waals surface area (Å²) < 4.78 is 2.00. The lowest BCUT2D eigenvalue weighted by Crippen LogP contribution is -1.97. The Morgan fingerprint density at radius 1 is 1.62 bits per heavy atom. The number of rotatable bonds is 2. The second-order valence-electron chi connectivity index (χ2n) is 3.01. The van der Waals surface area contributed by atoms with E-state index in [0.717, 1.165) is 17.1 Å². The van der Waals surface area contributed by atoms with Gasteiger partial charge in [-0.1, -0.05) is 0 Å². The lowest BCUT2D eigenvalue weighted by molar-refractivity contribution is 0.927. The summed E-state index contributed by atoms with van der Waals surface area (Å²) in [5, 5.41) is 0. The van der Waals surface area contributed by atoms with Gasteiger partial charge >= 0.3 is 0 Å². The summed E-state index contributed by atoms with van der Waals surface area (Å²) in [6, 6.07) is 2.04. The molecule has 4 nitrogen and oxygen atoms in total. The van der Waals surface area contributed by atoms with E-state index in [1.54, 1.807) is 6.20 Å². The Hall–Kier alpha value is -1.55. The number of H-pyrrole nitrogens is 1. The molecule has 2 rings (SSSR count). The molecule has 0 aliphatic rings. The van der Waals surface area contributed by atoms with E-state index in [2.05, 4.69) is 9.97 Å². The zero-order valence-electron chi connectivity index (χ0n) is 7.49. The Morgan fingerprint density at radius 2 is 2.46 bits per heavy atom. The Balaban J connectivity index is 2.35. The van der Waals surface area contributed by atoms with Crippen molar-refractivity contribution in [1.29, 1.82) is 0 Å². The van der Waals surface area contributed by atoms with Gasteiger partial charge in [0.2, 0.25) is 0 Å². The molecule has 0 unspecified atom stereocenters. The Bertz CT molecular complexity index is 399. The van der Waals surface area contributed by atoms with Crippen LogP contribution < -0.4 is 5.73 Å². The maximum Gasteiger partial charge on any atom is 0.120 e. The van der Waals surface area contributed by atoms with Gasteiger partial charge in [0.25, 0.3) is 0 Å². The van der Waals surface area contributed by atoms with Crippen LogP contribution in [0.5, 0.6) is 0 Å². The molecular formula is C9H12N4. The molecular weight excluding hydrogens is 164 g/mol. The van der Waals surface area contributed by atoms with Crippen LogP contribution in [-0.2, 0) is 13.6 Å². The fraction of sp³-hybridized carbons (Fsp3) is 0.222. The number of nitrogens with two attached hydrogens (primary N) is 1. The van der Waals surface area contributed by atoms with E-state index in [9.17, 15) is 0 Å². The maximum absolute atomic E-state index is 5.45. The van der Waals surface area contributed by atoms with Crippen molar-refractivity contribution in [3.63, 3.8) is 0 Å². The third kappa shape index (κ3) is 1.48. The first-order valence-corrected chi connectivity index (χ1v) is 4.16. The Labute approximate surface area is 76.4 Å². The fourth-order valence-electron chi connectivity index (χ4n) is 1.28. The van der Waals surface area contributed by atoms with Gasteiger partial charge < -0.3 is 15.3 Å². The summed E-state index contributed by atoms with van der Waals surface area (Å²) in [6.45, 7) is 0.451. The minimum atomic E-state index is 0.451. The summed E-state index contributed by atoms with van der Waals surface area (Å²) in [4.78, 5) is 7.27. The van der Waals surface area contributed by atoms with E-state index < -0.39 is 0 Å². The Kier molecular flexibility index (Phi) is 1.90. The number of nitrogens with zero attached hydrogens (tertiary/aromatic N) is 2. The number of aryl methyl sites for hydroxylation is 1. The monoisotopic (exact) mass is 176 g/mol. The normalized spacial score (nSPS) is 10.6. The SMILES string of the molecule is Cn1ccc(-c2cnc(CN)[nH]2)c1. The van der Waals surface area contributed by atoms with Gasteiger partial charge in [0.1, 0.15) is 5.82 Å². The van der Waals surface area contributed by atoms with Crippen molar-refractivity contribution in [2.24, 2.45) is 12.8 Å². The minimum absolute atomic E-state index is 0.451. The van der Waals surface area contributed by atoms with Crippen LogP contribution in [0.15, 0.2) is 24.7 Å². The molecule has 0 fully saturated rings. The molecule has 0 spiro atoms. The molecule has 0 saturated heterocycles. The molecule has 0 aliphatic heterocycles. The third-order valence-electron chi connectivity index (χ3n) is 1.96. The molecule has 4 heteroatoms. The zero-order valence-corrected chi connectivity index (χ0v) is 7.49. The molecule has 0 atom stereocenters. The largest absolute Gasteiger partial charge is 0.357 e. The quantitative estimate of drug-likeness (QED) is 0.713. The average molecular weight is 176 g/mol. The van der Waals surface area contributed by atoms with Crippen molar-refractivity contribution in [1.82, 2.24) is 14.5 Å². The molecule has 0 amide bonds. The molecule has 0 saturated carbocycles. The minimum Gasteiger partial charge on any atom is -0.357 e. The lowest BCUT2D eigenvalue weighted by atomic mass is 10.3. The van der Waals surface area contributed by atoms with Crippen LogP contribution >= 0.6 is 0 Å². The predicted octanol–water partition coefficient (Wildman–Crippen LogP) is 0.874. The summed E-state index contributed by atoms with van der Waals surface area (Å²) in [6.07, 6.45) is 5.84. The van der Waals surface area contributed by atoms with Crippen molar-refractivity contribution in [2.75, 3.05) is 0 Å². The van der Waals surface area contributed by atoms with E-state index in [0.29, 0.717) is 6.54 Å². The number of hydrogen-bond acceptors (Lipinski definition) is 2. The number of aromatic amines is 1. The molecule has 13 heavy (non-hydrogen) atoms. The van der Waals surface area contributed by atoms with Gasteiger partial charge in [-0.25, -0.2) is 4.98 Å². The molecule has 2 heterocycles. The van der Waals surface area contributed by atoms with Crippen LogP contribution in [0.3, 0.4) is 0 Å². The van der Waals surface area contributed by atoms with Crippen LogP contribution in [0.1, 0.15) is 5.82 Å². The predicted molar refractivity (Wildman–Crippen MR) is 50.9 cm³/mol. The van der Waals surface area contributed by atoms with Crippen LogP contribution in [0.2, 0.25) is 0 Å². The van der Waals surface area contributed by atoms with Gasteiger partial charge in [0.15, 0.2) is 0 Å². The van der Waals surface area contributed by atoms with Gasteiger partial charge in [-0.05, 0) is 6.07 Å². The summed E-state index contributed by atoms with van der Waals surface area (Å²) in [5.41, 5.74) is 7.60. The zero-order chi connectivity index (χ0) is 9.26. The van der Waals surface area contributed by atoms with Crippen molar-refractivity contribution in [2.45, 2.75) is 6.54 Å². The molecule has 3 N–H and O–H groups in total. The van der Waals surface area contributed by atoms with E-state index in [-0.39, 0.29) is 0 Å². The topological polar surface area (TPSA) is 59.6 Å². The Morgan fingerprint density at radius 3 is 3.00 bits per heavy atom. The van der Waals surface area contributed by atoms with Crippen LogP contribution in [0, 0.1) is 0 Å². The molecule has 0 aliphatic carbocycles. The summed E-state index contributed by atoms with van der Waals surface area (Å²) >= 11 is 0. The standard InChI is InChI=1S/C9H12N4/c1-13-3-2-7(6-13)8-5-11-9(4-10)12-8/h2-3,5-6H,4,10H2,1H3,(H,11,12). The summed E-state index contributed by atoms with van der Waals surface area (Å²) in [7, 11) is 1.99. The molecule has 2 aromatic rings. The average Bonchev–Trinajstić information content (AvgIpc) is 2.71. The second-order valence-corrected chi connectivity index (χ2v) is 3.01. The van der Waals surface area contributed by atoms with Crippen LogP contribution in [-0.4, -0.2) is 14.5 Å². The highest BCUT2D eigenvalue weighted by atomic mass is 14.9. The van der Waals surface area contributed by atoms with Gasteiger partial charge in [0, 0.05) is 25.0 Å². The van der Waals surface area contributed by atoms with Crippen LogP contribution in [0.4, 0.5) is 0 Å². The molecule has 0 aromatic carbocycles. The first-order valence-electron chi connectivity index (χ1n) is 4.16. The van der Waals surface area contributed by atoms with Crippen molar-refractivity contribution in [3.8, 4) is 11.3 Å². The van der Waals surface area contributed by atoms with Crippen molar-refractivity contribution < 1.29 is 0 Å². The molecule has 0 bridgehead atoms. The first-order chi connectivity index (χ1) is 6.29. The second kappa shape index (κ2) is 3.06. The highest BCUT2D eigenvalue weighted by Crippen LogP contribution is 2.16. The molecule has 2 aromatic heterocycles. The maximum atomic E-state index is 5.45. The van der Waals surface area contributed by atoms with Crippen molar-refractivity contribution >= 4 is 0 Å². The smallest absolute Gasteiger partial charge is 0.120 e. The highest BCUT2D eigenvalue weighted by Gasteiger charge is 2.02. The van der Waals surface area contributed by atoms with Gasteiger partial charge in [-0.3, -0.25) is 0 Å². The fourth-order valence-corrected chi connectivity index (χ4v) is 1.28. The number of hydrogen-bond donors (Lipinski definition) is 2. The van der Waals surface area contributed by atoms with Gasteiger partial charge in [0.05, 0.1) is 18.4 Å².